The van der Waals surface area contributed by atoms with E-state index >= 15 is 0 Å². The van der Waals surface area contributed by atoms with Gasteiger partial charge in [-0.2, -0.15) is 13.2 Å². The van der Waals surface area contributed by atoms with Crippen LogP contribution in [0.1, 0.15) is 40.7 Å². The van der Waals surface area contributed by atoms with Crippen molar-refractivity contribution in [3.8, 4) is 5.75 Å². The first-order valence-electron chi connectivity index (χ1n) is 11.4. The molecular formula is C25H27F3N2O6. The maximum Gasteiger partial charge on any atom is 0.491 e. The van der Waals surface area contributed by atoms with Crippen LogP contribution in [0.25, 0.3) is 0 Å². The number of piperidine rings is 1. The summed E-state index contributed by atoms with van der Waals surface area (Å²) in [6.07, 6.45) is -4.29. The highest BCUT2D eigenvalue weighted by Gasteiger charge is 2.42. The van der Waals surface area contributed by atoms with Crippen LogP contribution >= 0.6 is 0 Å². The lowest BCUT2D eigenvalue weighted by Crippen LogP contribution is -2.41. The number of benzene rings is 2. The van der Waals surface area contributed by atoms with Crippen LogP contribution in [0.4, 0.5) is 13.2 Å². The summed E-state index contributed by atoms with van der Waals surface area (Å²) in [5.74, 6) is -4.22. The third kappa shape index (κ3) is 6.82. The minimum absolute atomic E-state index is 0.0171. The van der Waals surface area contributed by atoms with Gasteiger partial charge in [0.05, 0.1) is 19.6 Å². The van der Waals surface area contributed by atoms with E-state index in [0.29, 0.717) is 11.1 Å². The van der Waals surface area contributed by atoms with Gasteiger partial charge in [-0.1, -0.05) is 30.3 Å². The SMILES string of the molecule is O=C(CCOCCNC(=O)c1ccc(O)c(C2(c3ccccc3)CCNCC2)c1)OC(=O)C(F)(F)F. The fourth-order valence-electron chi connectivity index (χ4n) is 4.19. The second kappa shape index (κ2) is 12.0. The standard InChI is InChI=1S/C25H27F3N2O6/c26-25(27,28)23(34)36-21(32)8-14-35-15-13-30-22(33)17-6-7-20(31)19(16-17)24(9-11-29-12-10-24)18-4-2-1-3-5-18/h1-7,16,29,31H,8-15H2,(H,30,33). The average molecular weight is 508 g/mol. The molecular weight excluding hydrogens is 481 g/mol. The number of carbonyl (C=O) groups is 3. The molecule has 3 rings (SSSR count). The number of carbonyl (C=O) groups excluding carboxylic acids is 3. The van der Waals surface area contributed by atoms with Gasteiger partial charge in [0.15, 0.2) is 0 Å². The Hall–Kier alpha value is -3.44. The highest BCUT2D eigenvalue weighted by atomic mass is 19.4. The molecule has 0 spiro atoms. The molecule has 1 aliphatic heterocycles. The molecule has 0 aliphatic carbocycles. The fourth-order valence-corrected chi connectivity index (χ4v) is 4.19. The molecule has 1 fully saturated rings. The highest BCUT2D eigenvalue weighted by molar-refractivity contribution is 5.94. The van der Waals surface area contributed by atoms with Crippen molar-refractivity contribution in [1.29, 1.82) is 0 Å². The predicted octanol–water partition coefficient (Wildman–Crippen LogP) is 2.83. The molecule has 194 valence electrons. The molecule has 0 bridgehead atoms. The molecule has 36 heavy (non-hydrogen) atoms. The van der Waals surface area contributed by atoms with E-state index in [-0.39, 0.29) is 25.5 Å². The molecule has 2 aromatic carbocycles. The molecule has 0 saturated carbocycles. The number of hydrogen-bond donors (Lipinski definition) is 3. The number of rotatable bonds is 9. The Bertz CT molecular complexity index is 1070. The number of phenolic OH excluding ortho intramolecular Hbond substituents is 1. The van der Waals surface area contributed by atoms with Gasteiger partial charge in [0.2, 0.25) is 0 Å². The Balaban J connectivity index is 1.55. The average Bonchev–Trinajstić information content (AvgIpc) is 2.86. The molecule has 0 atom stereocenters. The van der Waals surface area contributed by atoms with Crippen molar-refractivity contribution in [2.45, 2.75) is 30.9 Å². The minimum Gasteiger partial charge on any atom is -0.508 e. The van der Waals surface area contributed by atoms with Crippen LogP contribution in [0, 0.1) is 0 Å². The summed E-state index contributed by atoms with van der Waals surface area (Å²) in [4.78, 5) is 34.5. The molecule has 1 amide bonds. The van der Waals surface area contributed by atoms with E-state index in [0.717, 1.165) is 31.5 Å². The van der Waals surface area contributed by atoms with E-state index in [4.69, 9.17) is 4.74 Å². The smallest absolute Gasteiger partial charge is 0.491 e. The van der Waals surface area contributed by atoms with Gasteiger partial charge in [-0.25, -0.2) is 4.79 Å². The molecule has 1 aliphatic rings. The van der Waals surface area contributed by atoms with E-state index in [9.17, 15) is 32.7 Å². The number of hydrogen-bond acceptors (Lipinski definition) is 7. The van der Waals surface area contributed by atoms with Crippen LogP contribution in [0.15, 0.2) is 48.5 Å². The molecule has 8 nitrogen and oxygen atoms in total. The van der Waals surface area contributed by atoms with Crippen LogP contribution in [0.2, 0.25) is 0 Å². The molecule has 0 radical (unpaired) electrons. The Kier molecular flexibility index (Phi) is 9.05. The summed E-state index contributed by atoms with van der Waals surface area (Å²) >= 11 is 0. The Labute approximate surface area is 205 Å². The first-order chi connectivity index (χ1) is 17.1. The third-order valence-electron chi connectivity index (χ3n) is 5.98. The monoisotopic (exact) mass is 508 g/mol. The van der Waals surface area contributed by atoms with Crippen molar-refractivity contribution in [3.05, 3.63) is 65.2 Å². The van der Waals surface area contributed by atoms with Gasteiger partial charge in [-0.05, 0) is 49.7 Å². The number of alkyl halides is 3. The first-order valence-corrected chi connectivity index (χ1v) is 11.4. The van der Waals surface area contributed by atoms with Crippen LogP contribution in [0.5, 0.6) is 5.75 Å². The van der Waals surface area contributed by atoms with Gasteiger partial charge >= 0.3 is 18.1 Å². The Morgan fingerprint density at radius 3 is 2.39 bits per heavy atom. The summed E-state index contributed by atoms with van der Waals surface area (Å²) in [6, 6.07) is 14.6. The second-order valence-corrected chi connectivity index (χ2v) is 8.31. The van der Waals surface area contributed by atoms with Gasteiger partial charge in [-0.15, -0.1) is 0 Å². The normalized spacial score (nSPS) is 15.2. The van der Waals surface area contributed by atoms with Crippen LogP contribution < -0.4 is 10.6 Å². The summed E-state index contributed by atoms with van der Waals surface area (Å²) in [5.41, 5.74) is 1.64. The number of amides is 1. The van der Waals surface area contributed by atoms with Crippen molar-refractivity contribution in [3.63, 3.8) is 0 Å². The first kappa shape index (κ1) is 27.2. The van der Waals surface area contributed by atoms with Gasteiger partial charge in [-0.3, -0.25) is 9.59 Å². The van der Waals surface area contributed by atoms with E-state index in [2.05, 4.69) is 15.4 Å². The number of aromatic hydroxyl groups is 1. The molecule has 0 unspecified atom stereocenters. The highest BCUT2D eigenvalue weighted by Crippen LogP contribution is 2.44. The Morgan fingerprint density at radius 1 is 1.03 bits per heavy atom. The van der Waals surface area contributed by atoms with Crippen molar-refractivity contribution >= 4 is 17.8 Å². The molecule has 2 aromatic rings. The zero-order valence-corrected chi connectivity index (χ0v) is 19.4. The lowest BCUT2D eigenvalue weighted by atomic mass is 9.68. The second-order valence-electron chi connectivity index (χ2n) is 8.31. The molecule has 1 saturated heterocycles. The lowest BCUT2D eigenvalue weighted by molar-refractivity contribution is -0.202. The van der Waals surface area contributed by atoms with Crippen LogP contribution in [-0.2, 0) is 24.5 Å². The summed E-state index contributed by atoms with van der Waals surface area (Å²) in [5, 5.41) is 16.7. The van der Waals surface area contributed by atoms with E-state index in [1.807, 2.05) is 30.3 Å². The van der Waals surface area contributed by atoms with Gasteiger partial charge in [0, 0.05) is 23.1 Å². The van der Waals surface area contributed by atoms with Crippen molar-refractivity contribution in [2.75, 3.05) is 32.8 Å². The quantitative estimate of drug-likeness (QED) is 0.271. The number of phenols is 1. The molecule has 11 heteroatoms. The largest absolute Gasteiger partial charge is 0.508 e. The maximum atomic E-state index is 12.7. The third-order valence-corrected chi connectivity index (χ3v) is 5.98. The molecule has 3 N–H and O–H groups in total. The van der Waals surface area contributed by atoms with Gasteiger partial charge < -0.3 is 25.2 Å². The number of ether oxygens (including phenoxy) is 2. The van der Waals surface area contributed by atoms with Crippen molar-refractivity contribution < 1.29 is 42.1 Å². The van der Waals surface area contributed by atoms with Gasteiger partial charge in [0.25, 0.3) is 5.91 Å². The van der Waals surface area contributed by atoms with E-state index < -0.39 is 35.9 Å². The zero-order valence-electron chi connectivity index (χ0n) is 19.4. The summed E-state index contributed by atoms with van der Waals surface area (Å²) in [7, 11) is 0. The predicted molar refractivity (Wildman–Crippen MR) is 122 cm³/mol. The maximum absolute atomic E-state index is 12.7. The number of nitrogens with one attached hydrogen (secondary N) is 2. The van der Waals surface area contributed by atoms with Crippen molar-refractivity contribution in [2.24, 2.45) is 0 Å². The number of halogens is 3. The minimum atomic E-state index is -5.25. The van der Waals surface area contributed by atoms with Crippen LogP contribution in [-0.4, -0.2) is 62.0 Å². The molecule has 1 heterocycles. The van der Waals surface area contributed by atoms with Gasteiger partial charge in [0.1, 0.15) is 5.75 Å². The Morgan fingerprint density at radius 2 is 1.72 bits per heavy atom. The van der Waals surface area contributed by atoms with E-state index in [1.165, 1.54) is 12.1 Å². The van der Waals surface area contributed by atoms with Crippen molar-refractivity contribution in [1.82, 2.24) is 10.6 Å². The van der Waals surface area contributed by atoms with E-state index in [1.54, 1.807) is 6.07 Å². The number of esters is 2. The molecule has 0 aromatic heterocycles. The summed E-state index contributed by atoms with van der Waals surface area (Å²) < 4.78 is 44.9. The summed E-state index contributed by atoms with van der Waals surface area (Å²) in [6.45, 7) is 1.30. The van der Waals surface area contributed by atoms with Crippen LogP contribution in [0.3, 0.4) is 0 Å². The fraction of sp³-hybridized carbons (Fsp3) is 0.400. The lowest BCUT2D eigenvalue weighted by Gasteiger charge is -2.39. The topological polar surface area (TPSA) is 114 Å². The zero-order chi connectivity index (χ0) is 26.2.